The first kappa shape index (κ1) is 21.7. The molecule has 8 heteroatoms. The lowest BCUT2D eigenvalue weighted by molar-refractivity contribution is -0.116. The summed E-state index contributed by atoms with van der Waals surface area (Å²) < 4.78 is 14.1. The van der Waals surface area contributed by atoms with Gasteiger partial charge in [0.25, 0.3) is 0 Å². The smallest absolute Gasteiger partial charge is 0.237 e. The second-order valence-corrected chi connectivity index (χ2v) is 9.38. The molecule has 0 radical (unpaired) electrons. The van der Waals surface area contributed by atoms with Crippen molar-refractivity contribution >= 4 is 23.4 Å². The molecule has 0 fully saturated rings. The lowest BCUT2D eigenvalue weighted by atomic mass is 10.0. The molecule has 0 spiro atoms. The minimum atomic E-state index is -0.420. The number of carbonyl (C=O) groups excluding carboxylic acids is 1. The maximum Gasteiger partial charge on any atom is 0.237 e. The minimum absolute atomic E-state index is 0.0671. The average Bonchev–Trinajstić information content (AvgIpc) is 3.35. The number of aryl methyl sites for hydroxylation is 1. The number of hydrogen-bond acceptors (Lipinski definition) is 6. The normalized spacial score (nSPS) is 16.6. The molecule has 0 saturated heterocycles. The average molecular weight is 485 g/mol. The fraction of sp³-hybridized carbons (Fsp3) is 0.222. The van der Waals surface area contributed by atoms with E-state index in [4.69, 9.17) is 9.47 Å². The number of amides is 1. The molecule has 4 aromatic rings. The molecule has 0 saturated carbocycles. The van der Waals surface area contributed by atoms with Crippen molar-refractivity contribution in [3.05, 3.63) is 90.3 Å². The summed E-state index contributed by atoms with van der Waals surface area (Å²) in [6.45, 7) is 1.07. The van der Waals surface area contributed by atoms with Crippen LogP contribution in [0.5, 0.6) is 11.5 Å². The van der Waals surface area contributed by atoms with Crippen molar-refractivity contribution in [1.82, 2.24) is 14.8 Å². The molecule has 0 N–H and O–H groups in total. The van der Waals surface area contributed by atoms with Crippen LogP contribution >= 0.6 is 11.8 Å². The number of carbonyl (C=O) groups is 1. The molecule has 1 atom stereocenters. The molecule has 1 amide bonds. The number of benzene rings is 3. The van der Waals surface area contributed by atoms with Crippen LogP contribution in [-0.2, 0) is 11.2 Å². The Bertz CT molecular complexity index is 1360. The third kappa shape index (κ3) is 4.25. The Hall–Kier alpha value is -3.78. The quantitative estimate of drug-likeness (QED) is 0.377. The van der Waals surface area contributed by atoms with Crippen LogP contribution in [-0.4, -0.2) is 39.6 Å². The van der Waals surface area contributed by atoms with Gasteiger partial charge in [0, 0.05) is 17.9 Å². The van der Waals surface area contributed by atoms with Crippen molar-refractivity contribution in [2.45, 2.75) is 24.1 Å². The van der Waals surface area contributed by atoms with E-state index in [1.54, 1.807) is 0 Å². The molecule has 1 aromatic heterocycles. The summed E-state index contributed by atoms with van der Waals surface area (Å²) in [4.78, 5) is 15.1. The zero-order valence-electron chi connectivity index (χ0n) is 19.0. The summed E-state index contributed by atoms with van der Waals surface area (Å²) in [5.74, 6) is 2.38. The maximum absolute atomic E-state index is 13.2. The summed E-state index contributed by atoms with van der Waals surface area (Å²) in [6.07, 6.45) is 1.56. The Balaban J connectivity index is 1.27. The largest absolute Gasteiger partial charge is 0.485 e. The van der Waals surface area contributed by atoms with E-state index in [-0.39, 0.29) is 11.7 Å². The third-order valence-electron chi connectivity index (χ3n) is 6.21. The van der Waals surface area contributed by atoms with E-state index in [0.717, 1.165) is 36.5 Å². The second-order valence-electron chi connectivity index (χ2n) is 8.44. The van der Waals surface area contributed by atoms with Crippen LogP contribution < -0.4 is 14.4 Å². The highest BCUT2D eigenvalue weighted by atomic mass is 32.2. The molecule has 0 bridgehead atoms. The zero-order chi connectivity index (χ0) is 23.6. The Morgan fingerprint density at radius 3 is 2.60 bits per heavy atom. The lowest BCUT2D eigenvalue weighted by Crippen LogP contribution is -2.36. The predicted molar refractivity (Wildman–Crippen MR) is 135 cm³/mol. The van der Waals surface area contributed by atoms with Gasteiger partial charge in [0.2, 0.25) is 5.91 Å². The monoisotopic (exact) mass is 484 g/mol. The molecule has 2 aliphatic heterocycles. The van der Waals surface area contributed by atoms with Gasteiger partial charge in [-0.3, -0.25) is 9.36 Å². The van der Waals surface area contributed by atoms with Gasteiger partial charge in [0.15, 0.2) is 28.6 Å². The summed E-state index contributed by atoms with van der Waals surface area (Å²) >= 11 is 1.39. The van der Waals surface area contributed by atoms with E-state index in [9.17, 15) is 4.79 Å². The first-order valence-corrected chi connectivity index (χ1v) is 12.7. The molecule has 6 rings (SSSR count). The van der Waals surface area contributed by atoms with Gasteiger partial charge < -0.3 is 14.4 Å². The van der Waals surface area contributed by atoms with E-state index in [1.807, 2.05) is 82.3 Å². The Kier molecular flexibility index (Phi) is 5.88. The van der Waals surface area contributed by atoms with Crippen molar-refractivity contribution in [1.29, 1.82) is 0 Å². The third-order valence-corrected chi connectivity index (χ3v) is 7.12. The van der Waals surface area contributed by atoms with Crippen molar-refractivity contribution < 1.29 is 14.3 Å². The Morgan fingerprint density at radius 1 is 0.943 bits per heavy atom. The SMILES string of the molecule is O=C(CSc1nnc([C@@H]2COc3ccccc3O2)n1-c1ccccc1)N1CCCc2ccccc21. The molecular formula is C27H24N4O3S. The predicted octanol–water partition coefficient (Wildman–Crippen LogP) is 4.85. The molecular weight excluding hydrogens is 460 g/mol. The number of thioether (sulfide) groups is 1. The van der Waals surface area contributed by atoms with E-state index >= 15 is 0 Å². The van der Waals surface area contributed by atoms with Gasteiger partial charge in [-0.05, 0) is 48.7 Å². The van der Waals surface area contributed by atoms with Crippen LogP contribution in [0, 0.1) is 0 Å². The fourth-order valence-corrected chi connectivity index (χ4v) is 5.38. The zero-order valence-corrected chi connectivity index (χ0v) is 19.9. The van der Waals surface area contributed by atoms with Crippen molar-refractivity contribution in [3.63, 3.8) is 0 Å². The van der Waals surface area contributed by atoms with Crippen LogP contribution in [0.4, 0.5) is 5.69 Å². The molecule has 7 nitrogen and oxygen atoms in total. The molecule has 2 aliphatic rings. The number of aromatic nitrogens is 3. The standard InChI is InChI=1S/C27H24N4O3S/c32-25(30-16-8-10-19-9-4-5-13-21(19)30)18-35-27-29-28-26(31(27)20-11-2-1-3-12-20)24-17-33-22-14-6-7-15-23(22)34-24/h1-7,9,11-15,24H,8,10,16-18H2/t24-/m0/s1. The van der Waals surface area contributed by atoms with Crippen LogP contribution in [0.15, 0.2) is 84.0 Å². The van der Waals surface area contributed by atoms with Crippen LogP contribution in [0.1, 0.15) is 23.9 Å². The number of para-hydroxylation sites is 4. The van der Waals surface area contributed by atoms with Crippen LogP contribution in [0.2, 0.25) is 0 Å². The number of hydrogen-bond donors (Lipinski definition) is 0. The van der Waals surface area contributed by atoms with Gasteiger partial charge in [-0.2, -0.15) is 0 Å². The van der Waals surface area contributed by atoms with Crippen LogP contribution in [0.25, 0.3) is 5.69 Å². The molecule has 35 heavy (non-hydrogen) atoms. The van der Waals surface area contributed by atoms with E-state index in [1.165, 1.54) is 17.3 Å². The van der Waals surface area contributed by atoms with E-state index in [0.29, 0.717) is 23.3 Å². The number of rotatable bonds is 5. The molecule has 3 heterocycles. The number of anilines is 1. The van der Waals surface area contributed by atoms with E-state index in [2.05, 4.69) is 16.3 Å². The van der Waals surface area contributed by atoms with Crippen molar-refractivity contribution in [3.8, 4) is 17.2 Å². The molecule has 3 aromatic carbocycles. The first-order chi connectivity index (χ1) is 17.3. The summed E-state index contributed by atoms with van der Waals surface area (Å²) in [5.41, 5.74) is 3.15. The maximum atomic E-state index is 13.2. The van der Waals surface area contributed by atoms with Gasteiger partial charge in [-0.1, -0.05) is 60.3 Å². The van der Waals surface area contributed by atoms with Gasteiger partial charge >= 0.3 is 0 Å². The molecule has 0 aliphatic carbocycles. The molecule has 176 valence electrons. The van der Waals surface area contributed by atoms with Gasteiger partial charge in [-0.15, -0.1) is 10.2 Å². The number of fused-ring (bicyclic) bond motifs is 2. The highest BCUT2D eigenvalue weighted by Crippen LogP contribution is 2.37. The van der Waals surface area contributed by atoms with Gasteiger partial charge in [-0.25, -0.2) is 0 Å². The fourth-order valence-electron chi connectivity index (χ4n) is 4.55. The number of ether oxygens (including phenoxy) is 2. The number of nitrogens with zero attached hydrogens (tertiary/aromatic N) is 4. The van der Waals surface area contributed by atoms with Crippen LogP contribution in [0.3, 0.4) is 0 Å². The van der Waals surface area contributed by atoms with Gasteiger partial charge in [0.1, 0.15) is 6.61 Å². The Labute approximate surface area is 207 Å². The Morgan fingerprint density at radius 2 is 1.71 bits per heavy atom. The summed E-state index contributed by atoms with van der Waals surface area (Å²) in [7, 11) is 0. The highest BCUT2D eigenvalue weighted by Gasteiger charge is 2.30. The van der Waals surface area contributed by atoms with E-state index < -0.39 is 6.10 Å². The second kappa shape index (κ2) is 9.46. The first-order valence-electron chi connectivity index (χ1n) is 11.7. The topological polar surface area (TPSA) is 69.5 Å². The molecule has 0 unspecified atom stereocenters. The minimum Gasteiger partial charge on any atom is -0.485 e. The summed E-state index contributed by atoms with van der Waals surface area (Å²) in [5, 5.41) is 9.58. The van der Waals surface area contributed by atoms with Gasteiger partial charge in [0.05, 0.1) is 5.75 Å². The van der Waals surface area contributed by atoms with Crippen molar-refractivity contribution in [2.24, 2.45) is 0 Å². The highest BCUT2D eigenvalue weighted by molar-refractivity contribution is 7.99. The lowest BCUT2D eigenvalue weighted by Gasteiger charge is -2.29. The summed E-state index contributed by atoms with van der Waals surface area (Å²) in [6, 6.07) is 25.6. The van der Waals surface area contributed by atoms with Crippen molar-refractivity contribution in [2.75, 3.05) is 23.8 Å².